The largest absolute Gasteiger partial charge is 0.383 e. The van der Waals surface area contributed by atoms with E-state index in [4.69, 9.17) is 5.73 Å². The number of amides is 2. The van der Waals surface area contributed by atoms with Gasteiger partial charge in [0.05, 0.1) is 0 Å². The molecular weight excluding hydrogens is 262 g/mol. The number of urea groups is 1. The second-order valence-corrected chi connectivity index (χ2v) is 5.14. The monoisotopic (exact) mass is 283 g/mol. The van der Waals surface area contributed by atoms with Gasteiger partial charge in [0.1, 0.15) is 0 Å². The van der Waals surface area contributed by atoms with Crippen LogP contribution < -0.4 is 16.4 Å². The maximum Gasteiger partial charge on any atom is 0.316 e. The van der Waals surface area contributed by atoms with E-state index in [2.05, 4.69) is 41.8 Å². The van der Waals surface area contributed by atoms with Crippen LogP contribution in [-0.4, -0.2) is 12.1 Å². The molecule has 2 aromatic rings. The first-order chi connectivity index (χ1) is 10.1. The first kappa shape index (κ1) is 14.9. The zero-order valence-corrected chi connectivity index (χ0v) is 12.2. The second kappa shape index (κ2) is 7.33. The van der Waals surface area contributed by atoms with Crippen molar-refractivity contribution in [2.24, 2.45) is 5.73 Å². The lowest BCUT2D eigenvalue weighted by Gasteiger charge is -2.16. The number of benzene rings is 2. The molecule has 0 bridgehead atoms. The molecule has 0 heterocycles. The van der Waals surface area contributed by atoms with Gasteiger partial charge in [-0.25, -0.2) is 4.79 Å². The van der Waals surface area contributed by atoms with Crippen LogP contribution in [0.2, 0.25) is 0 Å². The van der Waals surface area contributed by atoms with Crippen molar-refractivity contribution in [3.63, 3.8) is 0 Å². The summed E-state index contributed by atoms with van der Waals surface area (Å²) in [6, 6.07) is 17.8. The molecule has 0 radical (unpaired) electrons. The van der Waals surface area contributed by atoms with E-state index in [9.17, 15) is 4.79 Å². The predicted molar refractivity (Wildman–Crippen MR) is 87.5 cm³/mol. The Hall–Kier alpha value is -2.49. The summed E-state index contributed by atoms with van der Waals surface area (Å²) in [6.45, 7) is 2.15. The smallest absolute Gasteiger partial charge is 0.316 e. The molecule has 2 rings (SSSR count). The minimum Gasteiger partial charge on any atom is -0.383 e. The van der Waals surface area contributed by atoms with E-state index in [1.807, 2.05) is 30.3 Å². The van der Waals surface area contributed by atoms with Gasteiger partial charge in [-0.15, -0.1) is 0 Å². The van der Waals surface area contributed by atoms with Crippen molar-refractivity contribution in [1.29, 1.82) is 0 Å². The number of nitrogens with one attached hydrogen (secondary N) is 2. The molecule has 1 atom stereocenters. The molecule has 21 heavy (non-hydrogen) atoms. The molecular formula is C17H21N3O. The number of hydrogen-bond donors (Lipinski definition) is 3. The van der Waals surface area contributed by atoms with Crippen LogP contribution in [0, 0.1) is 0 Å². The maximum absolute atomic E-state index is 10.9. The van der Waals surface area contributed by atoms with Gasteiger partial charge in [0.2, 0.25) is 0 Å². The quantitative estimate of drug-likeness (QED) is 0.758. The van der Waals surface area contributed by atoms with Gasteiger partial charge in [-0.3, -0.25) is 0 Å². The lowest BCUT2D eigenvalue weighted by atomic mass is 10.1. The van der Waals surface area contributed by atoms with Crippen LogP contribution in [-0.2, 0) is 6.42 Å². The summed E-state index contributed by atoms with van der Waals surface area (Å²) in [7, 11) is 0. The van der Waals surface area contributed by atoms with Crippen molar-refractivity contribution in [2.45, 2.75) is 25.8 Å². The lowest BCUT2D eigenvalue weighted by Crippen LogP contribution is -2.20. The highest BCUT2D eigenvalue weighted by molar-refractivity contribution is 5.88. The molecule has 1 unspecified atom stereocenters. The summed E-state index contributed by atoms with van der Waals surface area (Å²) in [5.41, 5.74) is 8.13. The topological polar surface area (TPSA) is 67.2 Å². The van der Waals surface area contributed by atoms with E-state index < -0.39 is 6.03 Å². The van der Waals surface area contributed by atoms with Crippen LogP contribution in [0.15, 0.2) is 54.6 Å². The van der Waals surface area contributed by atoms with Crippen LogP contribution in [0.4, 0.5) is 16.2 Å². The molecule has 110 valence electrons. The number of carbonyl (C=O) groups is 1. The zero-order valence-electron chi connectivity index (χ0n) is 12.2. The van der Waals surface area contributed by atoms with Crippen LogP contribution in [0.1, 0.15) is 18.9 Å². The van der Waals surface area contributed by atoms with Gasteiger partial charge in [0.25, 0.3) is 0 Å². The predicted octanol–water partition coefficient (Wildman–Crippen LogP) is 3.61. The van der Waals surface area contributed by atoms with Gasteiger partial charge in [0.15, 0.2) is 0 Å². The Morgan fingerprint density at radius 3 is 2.52 bits per heavy atom. The van der Waals surface area contributed by atoms with Crippen molar-refractivity contribution in [2.75, 3.05) is 10.6 Å². The normalized spacial score (nSPS) is 11.7. The molecule has 0 aliphatic rings. The Morgan fingerprint density at radius 2 is 1.81 bits per heavy atom. The third kappa shape index (κ3) is 5.18. The molecule has 0 spiro atoms. The number of hydrogen-bond acceptors (Lipinski definition) is 2. The number of nitrogens with two attached hydrogens (primary N) is 1. The van der Waals surface area contributed by atoms with Crippen LogP contribution in [0.3, 0.4) is 0 Å². The Balaban J connectivity index is 1.87. The van der Waals surface area contributed by atoms with E-state index in [0.717, 1.165) is 18.5 Å². The van der Waals surface area contributed by atoms with Crippen molar-refractivity contribution in [1.82, 2.24) is 0 Å². The fourth-order valence-corrected chi connectivity index (χ4v) is 2.21. The number of carbonyl (C=O) groups excluding carboxylic acids is 1. The van der Waals surface area contributed by atoms with Crippen LogP contribution >= 0.6 is 0 Å². The number of anilines is 2. The second-order valence-electron chi connectivity index (χ2n) is 5.14. The molecule has 4 heteroatoms. The standard InChI is InChI=1S/C17H21N3O/c1-13(10-11-14-6-3-2-4-7-14)19-15-8-5-9-16(12-15)20-17(18)21/h2-9,12-13,19H,10-11H2,1H3,(H3,18,20,21). The average molecular weight is 283 g/mol. The van der Waals surface area contributed by atoms with E-state index in [1.54, 1.807) is 0 Å². The molecule has 2 aromatic carbocycles. The summed E-state index contributed by atoms with van der Waals surface area (Å²) >= 11 is 0. The van der Waals surface area contributed by atoms with Gasteiger partial charge in [-0.2, -0.15) is 0 Å². The van der Waals surface area contributed by atoms with Crippen molar-refractivity contribution in [3.05, 3.63) is 60.2 Å². The van der Waals surface area contributed by atoms with E-state index in [0.29, 0.717) is 11.7 Å². The molecule has 0 fully saturated rings. The first-order valence-corrected chi connectivity index (χ1v) is 7.10. The summed E-state index contributed by atoms with van der Waals surface area (Å²) < 4.78 is 0. The highest BCUT2D eigenvalue weighted by Crippen LogP contribution is 2.17. The third-order valence-corrected chi connectivity index (χ3v) is 3.25. The molecule has 0 aromatic heterocycles. The van der Waals surface area contributed by atoms with Crippen LogP contribution in [0.25, 0.3) is 0 Å². The number of aryl methyl sites for hydroxylation is 1. The highest BCUT2D eigenvalue weighted by Gasteiger charge is 2.04. The van der Waals surface area contributed by atoms with Crippen LogP contribution in [0.5, 0.6) is 0 Å². The third-order valence-electron chi connectivity index (χ3n) is 3.25. The minimum atomic E-state index is -0.552. The van der Waals surface area contributed by atoms with E-state index >= 15 is 0 Å². The first-order valence-electron chi connectivity index (χ1n) is 7.10. The van der Waals surface area contributed by atoms with Gasteiger partial charge in [-0.05, 0) is 43.5 Å². The van der Waals surface area contributed by atoms with E-state index in [-0.39, 0.29) is 0 Å². The summed E-state index contributed by atoms with van der Waals surface area (Å²) in [5.74, 6) is 0. The molecule has 4 N–H and O–H groups in total. The molecule has 0 aliphatic heterocycles. The average Bonchev–Trinajstić information content (AvgIpc) is 2.46. The minimum absolute atomic E-state index is 0.342. The number of rotatable bonds is 6. The Labute approximate surface area is 125 Å². The van der Waals surface area contributed by atoms with E-state index in [1.165, 1.54) is 5.56 Å². The summed E-state index contributed by atoms with van der Waals surface area (Å²) in [6.07, 6.45) is 2.08. The van der Waals surface area contributed by atoms with Gasteiger partial charge < -0.3 is 16.4 Å². The van der Waals surface area contributed by atoms with Gasteiger partial charge in [-0.1, -0.05) is 36.4 Å². The van der Waals surface area contributed by atoms with Crippen molar-refractivity contribution in [3.8, 4) is 0 Å². The number of primary amides is 1. The molecule has 0 aliphatic carbocycles. The van der Waals surface area contributed by atoms with Crippen molar-refractivity contribution < 1.29 is 4.79 Å². The van der Waals surface area contributed by atoms with Crippen molar-refractivity contribution >= 4 is 17.4 Å². The van der Waals surface area contributed by atoms with Gasteiger partial charge >= 0.3 is 6.03 Å². The maximum atomic E-state index is 10.9. The Bertz CT molecular complexity index is 584. The molecule has 2 amide bonds. The molecule has 0 saturated carbocycles. The fourth-order valence-electron chi connectivity index (χ4n) is 2.21. The highest BCUT2D eigenvalue weighted by atomic mass is 16.2. The Kier molecular flexibility index (Phi) is 5.21. The Morgan fingerprint density at radius 1 is 1.10 bits per heavy atom. The summed E-state index contributed by atoms with van der Waals surface area (Å²) in [5, 5.41) is 6.01. The lowest BCUT2D eigenvalue weighted by molar-refractivity contribution is 0.259. The fraction of sp³-hybridized carbons (Fsp3) is 0.235. The molecule has 4 nitrogen and oxygen atoms in total. The zero-order chi connectivity index (χ0) is 15.1. The summed E-state index contributed by atoms with van der Waals surface area (Å²) in [4.78, 5) is 10.9. The van der Waals surface area contributed by atoms with Gasteiger partial charge in [0, 0.05) is 17.4 Å². The SMILES string of the molecule is CC(CCc1ccccc1)Nc1cccc(NC(N)=O)c1. The molecule has 0 saturated heterocycles.